The topological polar surface area (TPSA) is 85.9 Å². The number of ketones is 1. The molecule has 1 heterocycles. The van der Waals surface area contributed by atoms with E-state index >= 15 is 0 Å². The predicted molar refractivity (Wildman–Crippen MR) is 44.9 cm³/mol. The van der Waals surface area contributed by atoms with E-state index in [1.165, 1.54) is 19.1 Å². The van der Waals surface area contributed by atoms with E-state index < -0.39 is 5.97 Å². The molecule has 5 heteroatoms. The highest BCUT2D eigenvalue weighted by molar-refractivity contribution is 7.15. The van der Waals surface area contributed by atoms with E-state index in [0.717, 1.165) is 11.3 Å². The average molecular weight is 188 g/mol. The third-order valence-electron chi connectivity index (χ3n) is 1.16. The summed E-state index contributed by atoms with van der Waals surface area (Å²) in [4.78, 5) is 21.7. The lowest BCUT2D eigenvalue weighted by Crippen LogP contribution is -1.90. The second-order valence-electron chi connectivity index (χ2n) is 2.03. The van der Waals surface area contributed by atoms with Gasteiger partial charge >= 0.3 is 5.97 Å². The first-order valence-corrected chi connectivity index (χ1v) is 3.77. The minimum absolute atomic E-state index is 0. The lowest BCUT2D eigenvalue weighted by atomic mass is 10.3. The monoisotopic (exact) mass is 188 g/mol. The molecular formula is C7H8O4S. The third-order valence-corrected chi connectivity index (χ3v) is 2.34. The Balaban J connectivity index is 0.00000121. The van der Waals surface area contributed by atoms with Gasteiger partial charge < -0.3 is 10.6 Å². The van der Waals surface area contributed by atoms with Crippen LogP contribution in [0.25, 0.3) is 0 Å². The van der Waals surface area contributed by atoms with E-state index in [-0.39, 0.29) is 16.1 Å². The second-order valence-corrected chi connectivity index (χ2v) is 3.11. The molecule has 4 nitrogen and oxygen atoms in total. The Bertz CT molecular complexity index is 274. The first kappa shape index (κ1) is 10.8. The Morgan fingerprint density at radius 3 is 2.08 bits per heavy atom. The molecule has 0 aliphatic rings. The summed E-state index contributed by atoms with van der Waals surface area (Å²) >= 11 is 1.000. The van der Waals surface area contributed by atoms with Crippen LogP contribution < -0.4 is 0 Å². The second kappa shape index (κ2) is 3.99. The van der Waals surface area contributed by atoms with Crippen LogP contribution in [0.3, 0.4) is 0 Å². The van der Waals surface area contributed by atoms with Gasteiger partial charge in [-0.3, -0.25) is 4.79 Å². The lowest BCUT2D eigenvalue weighted by molar-refractivity contribution is 0.0702. The SMILES string of the molecule is CC(=O)c1ccc(C(=O)O)s1.O. The molecule has 0 aliphatic heterocycles. The van der Waals surface area contributed by atoms with Crippen LogP contribution in [0.2, 0.25) is 0 Å². The number of carboxylic acid groups (broad SMARTS) is 1. The molecule has 1 aromatic heterocycles. The number of thiophene rings is 1. The van der Waals surface area contributed by atoms with Crippen LogP contribution in [-0.2, 0) is 0 Å². The van der Waals surface area contributed by atoms with Crippen molar-refractivity contribution in [1.29, 1.82) is 0 Å². The fourth-order valence-corrected chi connectivity index (χ4v) is 1.38. The predicted octanol–water partition coefficient (Wildman–Crippen LogP) is 0.824. The summed E-state index contributed by atoms with van der Waals surface area (Å²) in [6, 6.07) is 2.96. The van der Waals surface area contributed by atoms with Crippen molar-refractivity contribution in [3.05, 3.63) is 21.9 Å². The molecule has 1 aromatic rings. The molecule has 0 saturated carbocycles. The zero-order valence-corrected chi connectivity index (χ0v) is 7.14. The standard InChI is InChI=1S/C7H6O3S.H2O/c1-4(8)5-2-3-6(11-5)7(9)10;/h2-3H,1H3,(H,9,10);1H2. The zero-order chi connectivity index (χ0) is 8.43. The Hall–Kier alpha value is -1.20. The van der Waals surface area contributed by atoms with Crippen molar-refractivity contribution in [1.82, 2.24) is 0 Å². The van der Waals surface area contributed by atoms with Crippen LogP contribution in [-0.4, -0.2) is 22.3 Å². The van der Waals surface area contributed by atoms with Crippen LogP contribution in [0.4, 0.5) is 0 Å². The Labute approximate surface area is 72.8 Å². The maximum atomic E-state index is 10.7. The highest BCUT2D eigenvalue weighted by Gasteiger charge is 2.08. The van der Waals surface area contributed by atoms with E-state index in [1.807, 2.05) is 0 Å². The summed E-state index contributed by atoms with van der Waals surface area (Å²) in [5, 5.41) is 8.48. The third kappa shape index (κ3) is 2.14. The lowest BCUT2D eigenvalue weighted by Gasteiger charge is -1.83. The number of Topliss-reactive ketones (excluding diaryl/α,β-unsaturated/α-hetero) is 1. The molecule has 1 rings (SSSR count). The van der Waals surface area contributed by atoms with Gasteiger partial charge in [0.25, 0.3) is 0 Å². The normalized spacial score (nSPS) is 8.75. The fourth-order valence-electron chi connectivity index (χ4n) is 0.642. The van der Waals surface area contributed by atoms with Gasteiger partial charge in [0.05, 0.1) is 4.88 Å². The number of carbonyl (C=O) groups excluding carboxylic acids is 1. The number of carboxylic acids is 1. The Morgan fingerprint density at radius 2 is 1.83 bits per heavy atom. The summed E-state index contributed by atoms with van der Waals surface area (Å²) in [7, 11) is 0. The van der Waals surface area contributed by atoms with Crippen LogP contribution >= 0.6 is 11.3 Å². The van der Waals surface area contributed by atoms with Crippen LogP contribution in [0.1, 0.15) is 26.3 Å². The first-order valence-electron chi connectivity index (χ1n) is 2.95. The molecule has 0 spiro atoms. The first-order chi connectivity index (χ1) is 5.11. The molecule has 0 unspecified atom stereocenters. The number of aromatic carboxylic acids is 1. The molecule has 0 atom stereocenters. The molecule has 3 N–H and O–H groups in total. The molecule has 0 saturated heterocycles. The minimum atomic E-state index is -0.984. The maximum Gasteiger partial charge on any atom is 0.345 e. The van der Waals surface area contributed by atoms with Gasteiger partial charge in [-0.25, -0.2) is 4.79 Å². The van der Waals surface area contributed by atoms with E-state index in [9.17, 15) is 9.59 Å². The van der Waals surface area contributed by atoms with Gasteiger partial charge in [-0.1, -0.05) is 0 Å². The van der Waals surface area contributed by atoms with Gasteiger partial charge in [-0.05, 0) is 19.1 Å². The van der Waals surface area contributed by atoms with Crippen molar-refractivity contribution < 1.29 is 20.2 Å². The summed E-state index contributed by atoms with van der Waals surface area (Å²) < 4.78 is 0. The van der Waals surface area contributed by atoms with Crippen molar-refractivity contribution in [3.63, 3.8) is 0 Å². The Morgan fingerprint density at radius 1 is 1.33 bits per heavy atom. The summed E-state index contributed by atoms with van der Waals surface area (Å²) in [5.74, 6) is -1.08. The molecule has 12 heavy (non-hydrogen) atoms. The van der Waals surface area contributed by atoms with Gasteiger partial charge in [0, 0.05) is 0 Å². The van der Waals surface area contributed by atoms with Crippen molar-refractivity contribution in [2.45, 2.75) is 6.92 Å². The van der Waals surface area contributed by atoms with Crippen LogP contribution in [0, 0.1) is 0 Å². The summed E-state index contributed by atoms with van der Waals surface area (Å²) in [6.07, 6.45) is 0. The zero-order valence-electron chi connectivity index (χ0n) is 6.33. The Kier molecular flexibility index (Phi) is 3.59. The van der Waals surface area contributed by atoms with E-state index in [0.29, 0.717) is 4.88 Å². The van der Waals surface area contributed by atoms with E-state index in [2.05, 4.69) is 0 Å². The van der Waals surface area contributed by atoms with Gasteiger partial charge in [0.15, 0.2) is 5.78 Å². The molecule has 0 aliphatic carbocycles. The summed E-state index contributed by atoms with van der Waals surface area (Å²) in [6.45, 7) is 1.41. The smallest absolute Gasteiger partial charge is 0.345 e. The van der Waals surface area contributed by atoms with Gasteiger partial charge in [-0.15, -0.1) is 11.3 Å². The van der Waals surface area contributed by atoms with Gasteiger partial charge in [-0.2, -0.15) is 0 Å². The average Bonchev–Trinajstić information content (AvgIpc) is 2.33. The van der Waals surface area contributed by atoms with Crippen molar-refractivity contribution in [2.75, 3.05) is 0 Å². The number of hydrogen-bond acceptors (Lipinski definition) is 3. The van der Waals surface area contributed by atoms with Crippen molar-refractivity contribution in [3.8, 4) is 0 Å². The fraction of sp³-hybridized carbons (Fsp3) is 0.143. The van der Waals surface area contributed by atoms with Crippen LogP contribution in [0.15, 0.2) is 12.1 Å². The largest absolute Gasteiger partial charge is 0.477 e. The molecule has 0 radical (unpaired) electrons. The molecular weight excluding hydrogens is 180 g/mol. The quantitative estimate of drug-likeness (QED) is 0.697. The molecule has 0 bridgehead atoms. The maximum absolute atomic E-state index is 10.7. The number of rotatable bonds is 2. The molecule has 0 fully saturated rings. The highest BCUT2D eigenvalue weighted by atomic mass is 32.1. The molecule has 0 amide bonds. The summed E-state index contributed by atoms with van der Waals surface area (Å²) in [5.41, 5.74) is 0. The molecule has 0 aromatic carbocycles. The van der Waals surface area contributed by atoms with Crippen molar-refractivity contribution >= 4 is 23.1 Å². The van der Waals surface area contributed by atoms with Gasteiger partial charge in [0.1, 0.15) is 4.88 Å². The number of carbonyl (C=O) groups is 2. The van der Waals surface area contributed by atoms with Crippen molar-refractivity contribution in [2.24, 2.45) is 0 Å². The highest BCUT2D eigenvalue weighted by Crippen LogP contribution is 2.16. The minimum Gasteiger partial charge on any atom is -0.477 e. The number of hydrogen-bond donors (Lipinski definition) is 1. The van der Waals surface area contributed by atoms with E-state index in [1.54, 1.807) is 0 Å². The van der Waals surface area contributed by atoms with Crippen LogP contribution in [0.5, 0.6) is 0 Å². The molecule has 66 valence electrons. The van der Waals surface area contributed by atoms with E-state index in [4.69, 9.17) is 5.11 Å². The van der Waals surface area contributed by atoms with Gasteiger partial charge in [0.2, 0.25) is 0 Å².